The van der Waals surface area contributed by atoms with E-state index >= 15 is 0 Å². The number of hydrogen-bond donors (Lipinski definition) is 2. The number of fused-ring (bicyclic) bond motifs is 1. The molecule has 2 N–H and O–H groups in total. The maximum absolute atomic E-state index is 12.3. The number of rotatable bonds is 9. The van der Waals surface area contributed by atoms with Gasteiger partial charge in [-0.15, -0.1) is 5.10 Å². The lowest BCUT2D eigenvalue weighted by Crippen LogP contribution is -2.38. The Labute approximate surface area is 157 Å². The van der Waals surface area contributed by atoms with Crippen LogP contribution >= 0.6 is 0 Å². The Hall–Kier alpha value is -1.88. The van der Waals surface area contributed by atoms with Gasteiger partial charge in [0.05, 0.1) is 12.6 Å². The van der Waals surface area contributed by atoms with E-state index in [1.54, 1.807) is 0 Å². The second-order valence-corrected chi connectivity index (χ2v) is 6.65. The summed E-state index contributed by atoms with van der Waals surface area (Å²) in [6, 6.07) is 0. The highest BCUT2D eigenvalue weighted by molar-refractivity contribution is 5.67. The first-order chi connectivity index (χ1) is 13.1. The maximum atomic E-state index is 12.3. The molecule has 0 radical (unpaired) electrons. The SMILES string of the molecule is CCOC(OCC)c1nc2c(nnn2CC(O)CN2CCCCC2)c(=O)[nH]1. The first-order valence-corrected chi connectivity index (χ1v) is 9.59. The molecule has 2 aromatic heterocycles. The summed E-state index contributed by atoms with van der Waals surface area (Å²) in [6.45, 7) is 7.30. The van der Waals surface area contributed by atoms with Gasteiger partial charge in [0.2, 0.25) is 6.29 Å². The van der Waals surface area contributed by atoms with Crippen molar-refractivity contribution < 1.29 is 14.6 Å². The smallest absolute Gasteiger partial charge is 0.281 e. The molecule has 1 aliphatic heterocycles. The molecule has 10 heteroatoms. The van der Waals surface area contributed by atoms with Crippen LogP contribution in [0.3, 0.4) is 0 Å². The summed E-state index contributed by atoms with van der Waals surface area (Å²) in [7, 11) is 0. The van der Waals surface area contributed by atoms with Crippen molar-refractivity contribution in [3.05, 3.63) is 16.2 Å². The van der Waals surface area contributed by atoms with E-state index in [4.69, 9.17) is 9.47 Å². The highest BCUT2D eigenvalue weighted by Gasteiger charge is 2.21. The van der Waals surface area contributed by atoms with E-state index in [-0.39, 0.29) is 17.9 Å². The van der Waals surface area contributed by atoms with E-state index in [1.807, 2.05) is 13.8 Å². The second-order valence-electron chi connectivity index (χ2n) is 6.65. The largest absolute Gasteiger partial charge is 0.390 e. The van der Waals surface area contributed by atoms with Gasteiger partial charge in [0, 0.05) is 19.8 Å². The molecule has 0 bridgehead atoms. The molecule has 1 fully saturated rings. The van der Waals surface area contributed by atoms with Crippen molar-refractivity contribution >= 4 is 11.2 Å². The number of nitrogens with one attached hydrogen (secondary N) is 1. The quantitative estimate of drug-likeness (QED) is 0.602. The van der Waals surface area contributed by atoms with Crippen molar-refractivity contribution in [2.24, 2.45) is 0 Å². The molecular weight excluding hydrogens is 352 g/mol. The van der Waals surface area contributed by atoms with Crippen LogP contribution in [0.5, 0.6) is 0 Å². The molecule has 0 aliphatic carbocycles. The Morgan fingerprint density at radius 1 is 1.15 bits per heavy atom. The van der Waals surface area contributed by atoms with Gasteiger partial charge in [-0.2, -0.15) is 0 Å². The normalized spacial score (nSPS) is 17.0. The summed E-state index contributed by atoms with van der Waals surface area (Å²) in [6.07, 6.45) is 2.19. The number of aliphatic hydroxyl groups is 1. The third-order valence-corrected chi connectivity index (χ3v) is 4.55. The van der Waals surface area contributed by atoms with Gasteiger partial charge in [-0.05, 0) is 39.8 Å². The Kier molecular flexibility index (Phi) is 6.89. The minimum Gasteiger partial charge on any atom is -0.390 e. The van der Waals surface area contributed by atoms with Crippen LogP contribution in [0.1, 0.15) is 45.2 Å². The van der Waals surface area contributed by atoms with E-state index in [0.717, 1.165) is 25.9 Å². The topological polar surface area (TPSA) is 118 Å². The minimum absolute atomic E-state index is 0.135. The van der Waals surface area contributed by atoms with Gasteiger partial charge in [0.15, 0.2) is 17.0 Å². The molecular formula is C17H28N6O4. The molecule has 150 valence electrons. The third-order valence-electron chi connectivity index (χ3n) is 4.55. The lowest BCUT2D eigenvalue weighted by Gasteiger charge is -2.28. The van der Waals surface area contributed by atoms with Gasteiger partial charge in [-0.3, -0.25) is 4.79 Å². The summed E-state index contributed by atoms with van der Waals surface area (Å²) in [5.41, 5.74) is 0.0442. The second kappa shape index (κ2) is 9.36. The van der Waals surface area contributed by atoms with Gasteiger partial charge >= 0.3 is 0 Å². The fourth-order valence-electron chi connectivity index (χ4n) is 3.32. The predicted octanol–water partition coefficient (Wildman–Crippen LogP) is 0.433. The van der Waals surface area contributed by atoms with Gasteiger partial charge in [-0.25, -0.2) is 9.67 Å². The average Bonchev–Trinajstić information content (AvgIpc) is 3.05. The Morgan fingerprint density at radius 3 is 2.52 bits per heavy atom. The van der Waals surface area contributed by atoms with Crippen molar-refractivity contribution in [3.8, 4) is 0 Å². The summed E-state index contributed by atoms with van der Waals surface area (Å²) < 4.78 is 12.5. The highest BCUT2D eigenvalue weighted by atomic mass is 16.7. The number of hydrogen-bond acceptors (Lipinski definition) is 8. The number of H-pyrrole nitrogens is 1. The predicted molar refractivity (Wildman–Crippen MR) is 98.2 cm³/mol. The molecule has 0 amide bonds. The molecule has 0 saturated carbocycles. The molecule has 10 nitrogen and oxygen atoms in total. The molecule has 27 heavy (non-hydrogen) atoms. The highest BCUT2D eigenvalue weighted by Crippen LogP contribution is 2.16. The van der Waals surface area contributed by atoms with E-state index in [2.05, 4.69) is 25.2 Å². The number of aliphatic hydroxyl groups excluding tert-OH is 1. The van der Waals surface area contributed by atoms with Crippen LogP contribution < -0.4 is 5.56 Å². The number of ether oxygens (including phenoxy) is 2. The summed E-state index contributed by atoms with van der Waals surface area (Å²) >= 11 is 0. The van der Waals surface area contributed by atoms with Crippen LogP contribution in [0, 0.1) is 0 Å². The molecule has 3 rings (SSSR count). The molecule has 0 spiro atoms. The fourth-order valence-corrected chi connectivity index (χ4v) is 3.32. The van der Waals surface area contributed by atoms with E-state index in [9.17, 15) is 9.90 Å². The van der Waals surface area contributed by atoms with Crippen molar-refractivity contribution in [2.75, 3.05) is 32.8 Å². The third kappa shape index (κ3) is 4.89. The van der Waals surface area contributed by atoms with Gasteiger partial charge in [-0.1, -0.05) is 11.6 Å². The number of likely N-dealkylation sites (tertiary alicyclic amines) is 1. The molecule has 2 aromatic rings. The van der Waals surface area contributed by atoms with Crippen LogP contribution in [0.25, 0.3) is 11.2 Å². The Balaban J connectivity index is 1.80. The van der Waals surface area contributed by atoms with Crippen LogP contribution in [0.15, 0.2) is 4.79 Å². The van der Waals surface area contributed by atoms with Gasteiger partial charge in [0.25, 0.3) is 5.56 Å². The van der Waals surface area contributed by atoms with Crippen LogP contribution in [-0.2, 0) is 16.0 Å². The monoisotopic (exact) mass is 380 g/mol. The van der Waals surface area contributed by atoms with E-state index in [1.165, 1.54) is 11.1 Å². The van der Waals surface area contributed by atoms with Crippen molar-refractivity contribution in [3.63, 3.8) is 0 Å². The molecule has 0 aromatic carbocycles. The van der Waals surface area contributed by atoms with E-state index in [0.29, 0.717) is 25.4 Å². The Bertz CT molecular complexity index is 779. The van der Waals surface area contributed by atoms with Crippen LogP contribution in [-0.4, -0.2) is 73.9 Å². The number of aromatic amines is 1. The molecule has 3 heterocycles. The van der Waals surface area contributed by atoms with Crippen molar-refractivity contribution in [2.45, 2.75) is 52.0 Å². The summed E-state index contributed by atoms with van der Waals surface area (Å²) in [5, 5.41) is 18.4. The minimum atomic E-state index is -0.765. The van der Waals surface area contributed by atoms with Crippen LogP contribution in [0.4, 0.5) is 0 Å². The van der Waals surface area contributed by atoms with E-state index < -0.39 is 18.0 Å². The van der Waals surface area contributed by atoms with Crippen LogP contribution in [0.2, 0.25) is 0 Å². The zero-order valence-electron chi connectivity index (χ0n) is 15.9. The number of piperidine rings is 1. The molecule has 1 saturated heterocycles. The standard InChI is InChI=1S/C17H28N6O4/c1-3-26-17(27-4-2)14-18-15-13(16(25)19-14)20-21-23(15)11-12(24)10-22-8-6-5-7-9-22/h12,17,24H,3-11H2,1-2H3,(H,18,19,25). The number of nitrogens with zero attached hydrogens (tertiary/aromatic N) is 5. The lowest BCUT2D eigenvalue weighted by molar-refractivity contribution is -0.145. The first kappa shape index (κ1) is 19.9. The maximum Gasteiger partial charge on any atom is 0.281 e. The Morgan fingerprint density at radius 2 is 1.85 bits per heavy atom. The zero-order valence-corrected chi connectivity index (χ0v) is 15.9. The van der Waals surface area contributed by atoms with Crippen molar-refractivity contribution in [1.82, 2.24) is 29.9 Å². The van der Waals surface area contributed by atoms with Gasteiger partial charge in [0.1, 0.15) is 0 Å². The van der Waals surface area contributed by atoms with Gasteiger partial charge < -0.3 is 24.5 Å². The van der Waals surface area contributed by atoms with Crippen molar-refractivity contribution in [1.29, 1.82) is 0 Å². The fraction of sp³-hybridized carbons (Fsp3) is 0.765. The molecule has 1 aliphatic rings. The molecule has 1 atom stereocenters. The summed E-state index contributed by atoms with van der Waals surface area (Å²) in [4.78, 5) is 21.7. The average molecular weight is 380 g/mol. The lowest BCUT2D eigenvalue weighted by atomic mass is 10.1. The first-order valence-electron chi connectivity index (χ1n) is 9.59. The number of aromatic nitrogens is 5. The summed E-state index contributed by atoms with van der Waals surface area (Å²) in [5.74, 6) is 0.269. The zero-order chi connectivity index (χ0) is 19.2. The molecule has 1 unspecified atom stereocenters. The number of β-amino-alcohol motifs (C(OH)–C–C–N with tert-alkyl or cyclic N) is 1.